The first-order valence-electron chi connectivity index (χ1n) is 7.08. The zero-order chi connectivity index (χ0) is 16.5. The largest absolute Gasteiger partial charge is 0.464 e. The molecule has 0 atom stereocenters. The Labute approximate surface area is 135 Å². The van der Waals surface area contributed by atoms with Crippen LogP contribution in [0.25, 0.3) is 12.2 Å². The van der Waals surface area contributed by atoms with E-state index in [0.717, 1.165) is 11.1 Å². The van der Waals surface area contributed by atoms with Crippen LogP contribution < -0.4 is 5.32 Å². The minimum Gasteiger partial charge on any atom is -0.464 e. The van der Waals surface area contributed by atoms with Gasteiger partial charge in [-0.1, -0.05) is 60.7 Å². The molecule has 0 aliphatic rings. The molecular formula is C19H17NO3. The van der Waals surface area contributed by atoms with Crippen molar-refractivity contribution in [2.45, 2.75) is 0 Å². The molecule has 0 saturated carbocycles. The molecule has 0 aliphatic heterocycles. The average molecular weight is 307 g/mol. The molecule has 0 spiro atoms. The predicted molar refractivity (Wildman–Crippen MR) is 90.1 cm³/mol. The van der Waals surface area contributed by atoms with Gasteiger partial charge >= 0.3 is 5.97 Å². The molecule has 0 bridgehead atoms. The number of carbonyl (C=O) groups excluding carboxylic acids is 2. The number of esters is 1. The minimum atomic E-state index is -0.602. The fourth-order valence-electron chi connectivity index (χ4n) is 1.88. The quantitative estimate of drug-likeness (QED) is 0.682. The monoisotopic (exact) mass is 307 g/mol. The predicted octanol–water partition coefficient (Wildman–Crippen LogP) is 3.03. The Hall–Kier alpha value is -3.14. The first kappa shape index (κ1) is 16.2. The maximum Gasteiger partial charge on any atom is 0.354 e. The molecule has 2 rings (SSSR count). The standard InChI is InChI=1S/C19H17NO3/c1-23-19(22)17(14-16-10-6-3-7-11-16)20-18(21)13-12-15-8-4-2-5-9-15/h2-14H,1H3,(H,20,21)/b13-12+,17-14+. The second kappa shape index (κ2) is 8.34. The molecule has 1 N–H and O–H groups in total. The van der Waals surface area contributed by atoms with Gasteiger partial charge in [-0.25, -0.2) is 4.79 Å². The van der Waals surface area contributed by atoms with Gasteiger partial charge in [0.05, 0.1) is 7.11 Å². The molecule has 0 radical (unpaired) electrons. The third-order valence-corrected chi connectivity index (χ3v) is 3.00. The Kier molecular flexibility index (Phi) is 5.89. The molecule has 1 amide bonds. The van der Waals surface area contributed by atoms with Gasteiger partial charge in [0, 0.05) is 6.08 Å². The third kappa shape index (κ3) is 5.28. The van der Waals surface area contributed by atoms with Gasteiger partial charge in [-0.3, -0.25) is 4.79 Å². The van der Waals surface area contributed by atoms with Crippen LogP contribution in [0.15, 0.2) is 72.4 Å². The molecule has 4 nitrogen and oxygen atoms in total. The highest BCUT2D eigenvalue weighted by atomic mass is 16.5. The lowest BCUT2D eigenvalue weighted by Gasteiger charge is -2.06. The molecular weight excluding hydrogens is 290 g/mol. The van der Waals surface area contributed by atoms with E-state index in [1.54, 1.807) is 12.2 Å². The number of amides is 1. The molecule has 2 aromatic rings. The van der Waals surface area contributed by atoms with Gasteiger partial charge < -0.3 is 10.1 Å². The van der Waals surface area contributed by atoms with E-state index in [-0.39, 0.29) is 5.70 Å². The second-order valence-corrected chi connectivity index (χ2v) is 4.69. The first-order chi connectivity index (χ1) is 11.2. The number of hydrogen-bond donors (Lipinski definition) is 1. The first-order valence-corrected chi connectivity index (χ1v) is 7.08. The maximum absolute atomic E-state index is 12.0. The van der Waals surface area contributed by atoms with Crippen molar-refractivity contribution in [2.24, 2.45) is 0 Å². The van der Waals surface area contributed by atoms with Crippen LogP contribution in [0.2, 0.25) is 0 Å². The zero-order valence-electron chi connectivity index (χ0n) is 12.7. The molecule has 0 fully saturated rings. The Morgan fingerprint density at radius 3 is 2.04 bits per heavy atom. The lowest BCUT2D eigenvalue weighted by molar-refractivity contribution is -0.137. The van der Waals surface area contributed by atoms with Gasteiger partial charge in [0.1, 0.15) is 5.70 Å². The third-order valence-electron chi connectivity index (χ3n) is 3.00. The zero-order valence-corrected chi connectivity index (χ0v) is 12.7. The Bertz CT molecular complexity index is 719. The molecule has 0 heterocycles. The van der Waals surface area contributed by atoms with Crippen molar-refractivity contribution < 1.29 is 14.3 Å². The van der Waals surface area contributed by atoms with Crippen LogP contribution in [0, 0.1) is 0 Å². The van der Waals surface area contributed by atoms with Gasteiger partial charge in [0.25, 0.3) is 0 Å². The van der Waals surface area contributed by atoms with Crippen LogP contribution in [0.1, 0.15) is 11.1 Å². The highest BCUT2D eigenvalue weighted by molar-refractivity contribution is 6.02. The fourth-order valence-corrected chi connectivity index (χ4v) is 1.88. The van der Waals surface area contributed by atoms with Crippen molar-refractivity contribution in [1.82, 2.24) is 5.32 Å². The van der Waals surface area contributed by atoms with Gasteiger partial charge in [0.15, 0.2) is 0 Å². The van der Waals surface area contributed by atoms with Crippen LogP contribution in [-0.4, -0.2) is 19.0 Å². The molecule has 2 aromatic carbocycles. The maximum atomic E-state index is 12.0. The summed E-state index contributed by atoms with van der Waals surface area (Å²) in [6.45, 7) is 0. The van der Waals surface area contributed by atoms with E-state index < -0.39 is 11.9 Å². The summed E-state index contributed by atoms with van der Waals surface area (Å²) in [5.41, 5.74) is 1.77. The Morgan fingerprint density at radius 1 is 0.913 bits per heavy atom. The number of nitrogens with one attached hydrogen (secondary N) is 1. The summed E-state index contributed by atoms with van der Waals surface area (Å²) in [6, 6.07) is 18.6. The van der Waals surface area contributed by atoms with E-state index in [2.05, 4.69) is 5.32 Å². The van der Waals surface area contributed by atoms with Crippen molar-refractivity contribution in [3.05, 3.63) is 83.6 Å². The van der Waals surface area contributed by atoms with Gasteiger partial charge in [-0.2, -0.15) is 0 Å². The summed E-state index contributed by atoms with van der Waals surface area (Å²) >= 11 is 0. The van der Waals surface area contributed by atoms with E-state index in [0.29, 0.717) is 0 Å². The Balaban J connectivity index is 2.12. The van der Waals surface area contributed by atoms with E-state index in [1.165, 1.54) is 13.2 Å². The highest BCUT2D eigenvalue weighted by Gasteiger charge is 2.11. The fraction of sp³-hybridized carbons (Fsp3) is 0.0526. The van der Waals surface area contributed by atoms with Crippen LogP contribution in [0.4, 0.5) is 0 Å². The van der Waals surface area contributed by atoms with Crippen molar-refractivity contribution in [3.63, 3.8) is 0 Å². The number of benzene rings is 2. The number of methoxy groups -OCH3 is 1. The molecule has 0 aromatic heterocycles. The van der Waals surface area contributed by atoms with Crippen molar-refractivity contribution >= 4 is 24.0 Å². The van der Waals surface area contributed by atoms with Crippen LogP contribution in [-0.2, 0) is 14.3 Å². The van der Waals surface area contributed by atoms with Gasteiger partial charge in [-0.05, 0) is 23.3 Å². The second-order valence-electron chi connectivity index (χ2n) is 4.69. The number of ether oxygens (including phenoxy) is 1. The molecule has 116 valence electrons. The number of carbonyl (C=O) groups is 2. The van der Waals surface area contributed by atoms with Gasteiger partial charge in [-0.15, -0.1) is 0 Å². The minimum absolute atomic E-state index is 0.0846. The molecule has 0 unspecified atom stereocenters. The normalized spacial score (nSPS) is 11.3. The van der Waals surface area contributed by atoms with Gasteiger partial charge in [0.2, 0.25) is 5.91 Å². The van der Waals surface area contributed by atoms with Crippen LogP contribution in [0.3, 0.4) is 0 Å². The van der Waals surface area contributed by atoms with Crippen LogP contribution >= 0.6 is 0 Å². The number of rotatable bonds is 5. The lowest BCUT2D eigenvalue weighted by atomic mass is 10.2. The molecule has 23 heavy (non-hydrogen) atoms. The van der Waals surface area contributed by atoms with Crippen LogP contribution in [0.5, 0.6) is 0 Å². The molecule has 0 saturated heterocycles. The summed E-state index contributed by atoms with van der Waals surface area (Å²) in [4.78, 5) is 23.8. The Morgan fingerprint density at radius 2 is 1.48 bits per heavy atom. The highest BCUT2D eigenvalue weighted by Crippen LogP contribution is 2.06. The van der Waals surface area contributed by atoms with Crippen molar-refractivity contribution in [1.29, 1.82) is 0 Å². The van der Waals surface area contributed by atoms with Crippen molar-refractivity contribution in [3.8, 4) is 0 Å². The summed E-state index contributed by atoms with van der Waals surface area (Å²) in [5.74, 6) is -1.00. The summed E-state index contributed by atoms with van der Waals surface area (Å²) in [5, 5.41) is 2.55. The summed E-state index contributed by atoms with van der Waals surface area (Å²) in [6.07, 6.45) is 4.62. The average Bonchev–Trinajstić information content (AvgIpc) is 2.60. The summed E-state index contributed by atoms with van der Waals surface area (Å²) < 4.78 is 4.70. The summed E-state index contributed by atoms with van der Waals surface area (Å²) in [7, 11) is 1.27. The number of hydrogen-bond acceptors (Lipinski definition) is 3. The lowest BCUT2D eigenvalue weighted by Crippen LogP contribution is -2.26. The van der Waals surface area contributed by atoms with E-state index in [1.807, 2.05) is 60.7 Å². The van der Waals surface area contributed by atoms with E-state index in [9.17, 15) is 9.59 Å². The SMILES string of the molecule is COC(=O)/C(=C\c1ccccc1)NC(=O)/C=C/c1ccccc1. The topological polar surface area (TPSA) is 55.4 Å². The van der Waals surface area contributed by atoms with Crippen molar-refractivity contribution in [2.75, 3.05) is 7.11 Å². The smallest absolute Gasteiger partial charge is 0.354 e. The molecule has 0 aliphatic carbocycles. The van der Waals surface area contributed by atoms with E-state index >= 15 is 0 Å². The van der Waals surface area contributed by atoms with E-state index in [4.69, 9.17) is 4.74 Å². The molecule has 4 heteroatoms.